The summed E-state index contributed by atoms with van der Waals surface area (Å²) in [5, 5.41) is 23.9. The number of carboxylic acids is 1. The topological polar surface area (TPSA) is 168 Å². The first-order chi connectivity index (χ1) is 19.4. The first kappa shape index (κ1) is 27.9. The van der Waals surface area contributed by atoms with Gasteiger partial charge in [-0.3, -0.25) is 14.4 Å². The number of likely N-dealkylation sites (N-methyl/N-ethyl adjacent to an activating group) is 2. The summed E-state index contributed by atoms with van der Waals surface area (Å²) in [5.41, 5.74) is 5.48. The number of benzene rings is 1. The first-order valence-electron chi connectivity index (χ1n) is 14.5. The van der Waals surface area contributed by atoms with Crippen LogP contribution >= 0.6 is 0 Å². The Kier molecular flexibility index (Phi) is 6.59. The number of carbonyl (C=O) groups excluding carboxylic acids is 3. The Labute approximate surface area is 238 Å². The molecule has 1 aromatic rings. The highest BCUT2D eigenvalue weighted by Crippen LogP contribution is 2.66. The summed E-state index contributed by atoms with van der Waals surface area (Å²) in [6.07, 6.45) is 2.45. The molecule has 2 saturated carbocycles. The van der Waals surface area contributed by atoms with Gasteiger partial charge in [0.25, 0.3) is 0 Å². The van der Waals surface area contributed by atoms with Crippen molar-refractivity contribution in [2.75, 3.05) is 40.3 Å². The predicted molar refractivity (Wildman–Crippen MR) is 144 cm³/mol. The molecule has 2 bridgehead atoms. The third kappa shape index (κ3) is 4.29. The SMILES string of the molecule is CN(CCNC(=O)[C@@H](N)CC(=O)O)C(=O)Oc1ccc2c3c1O[C@H]1C(=O)CC[C@@]4(O)C(C2)[N@+](C)(CC2CC2)CC[C@]314. The van der Waals surface area contributed by atoms with Crippen LogP contribution in [0.1, 0.15) is 49.7 Å². The summed E-state index contributed by atoms with van der Waals surface area (Å²) in [6.45, 7) is 2.04. The van der Waals surface area contributed by atoms with Crippen LogP contribution in [-0.4, -0.2) is 107 Å². The summed E-state index contributed by atoms with van der Waals surface area (Å²) in [5.74, 6) is -0.560. The van der Waals surface area contributed by atoms with E-state index in [9.17, 15) is 24.3 Å². The molecule has 41 heavy (non-hydrogen) atoms. The number of hydrogen-bond acceptors (Lipinski definition) is 8. The number of likely N-dealkylation sites (tertiary alicyclic amines) is 1. The lowest BCUT2D eigenvalue weighted by atomic mass is 9.48. The minimum absolute atomic E-state index is 0.0259. The van der Waals surface area contributed by atoms with Crippen molar-refractivity contribution in [1.82, 2.24) is 10.2 Å². The second kappa shape index (κ2) is 9.67. The van der Waals surface area contributed by atoms with E-state index in [-0.39, 0.29) is 37.1 Å². The van der Waals surface area contributed by atoms with Crippen molar-refractivity contribution < 1.29 is 43.3 Å². The van der Waals surface area contributed by atoms with Crippen LogP contribution in [0.4, 0.5) is 4.79 Å². The molecule has 6 atom stereocenters. The maximum Gasteiger partial charge on any atom is 0.415 e. The van der Waals surface area contributed by atoms with Crippen molar-refractivity contribution in [1.29, 1.82) is 0 Å². The Hall–Kier alpha value is -3.22. The van der Waals surface area contributed by atoms with Crippen molar-refractivity contribution in [3.63, 3.8) is 0 Å². The Morgan fingerprint density at radius 2 is 2.05 bits per heavy atom. The lowest BCUT2D eigenvalue weighted by Gasteiger charge is -2.64. The van der Waals surface area contributed by atoms with Crippen LogP contribution in [0.15, 0.2) is 12.1 Å². The fraction of sp³-hybridized carbons (Fsp3) is 0.655. The van der Waals surface area contributed by atoms with Gasteiger partial charge < -0.3 is 40.1 Å². The molecule has 1 saturated heterocycles. The van der Waals surface area contributed by atoms with Gasteiger partial charge in [0.2, 0.25) is 5.91 Å². The molecule has 222 valence electrons. The highest BCUT2D eigenvalue weighted by atomic mass is 16.6. The van der Waals surface area contributed by atoms with E-state index < -0.39 is 47.6 Å². The van der Waals surface area contributed by atoms with Crippen molar-refractivity contribution in [2.24, 2.45) is 11.7 Å². The molecule has 1 spiro atoms. The van der Waals surface area contributed by atoms with E-state index in [1.54, 1.807) is 6.07 Å². The zero-order valence-electron chi connectivity index (χ0n) is 23.6. The fourth-order valence-electron chi connectivity index (χ4n) is 8.03. The predicted octanol–water partition coefficient (Wildman–Crippen LogP) is 0.313. The molecule has 3 aliphatic carbocycles. The van der Waals surface area contributed by atoms with Gasteiger partial charge in [-0.25, -0.2) is 4.79 Å². The molecule has 5 N–H and O–H groups in total. The second-order valence-corrected chi connectivity index (χ2v) is 12.9. The van der Waals surface area contributed by atoms with Gasteiger partial charge in [-0.2, -0.15) is 0 Å². The van der Waals surface area contributed by atoms with Crippen molar-refractivity contribution in [3.8, 4) is 11.5 Å². The highest BCUT2D eigenvalue weighted by molar-refractivity contribution is 5.90. The van der Waals surface area contributed by atoms with Gasteiger partial charge in [-0.1, -0.05) is 6.07 Å². The molecule has 5 aliphatic rings. The summed E-state index contributed by atoms with van der Waals surface area (Å²) in [4.78, 5) is 50.3. The average molecular weight is 572 g/mol. The number of nitrogens with zero attached hydrogens (tertiary/aromatic N) is 2. The molecule has 0 radical (unpaired) electrons. The van der Waals surface area contributed by atoms with Gasteiger partial charge in [-0.15, -0.1) is 0 Å². The van der Waals surface area contributed by atoms with E-state index in [1.807, 2.05) is 6.07 Å². The molecule has 12 heteroatoms. The first-order valence-corrected chi connectivity index (χ1v) is 14.5. The smallest absolute Gasteiger partial charge is 0.415 e. The van der Waals surface area contributed by atoms with Gasteiger partial charge in [0.15, 0.2) is 23.4 Å². The molecule has 12 nitrogen and oxygen atoms in total. The number of ether oxygens (including phenoxy) is 2. The van der Waals surface area contributed by atoms with Crippen molar-refractivity contribution >= 4 is 23.8 Å². The maximum absolute atomic E-state index is 13.3. The maximum atomic E-state index is 13.3. The van der Waals surface area contributed by atoms with Gasteiger partial charge >= 0.3 is 12.1 Å². The number of ketones is 1. The number of hydrogen-bond donors (Lipinski definition) is 4. The fourth-order valence-corrected chi connectivity index (χ4v) is 8.03. The third-order valence-corrected chi connectivity index (χ3v) is 10.2. The summed E-state index contributed by atoms with van der Waals surface area (Å²) >= 11 is 0. The van der Waals surface area contributed by atoms with Gasteiger partial charge in [0.05, 0.1) is 38.0 Å². The van der Waals surface area contributed by atoms with Crippen LogP contribution in [0.3, 0.4) is 0 Å². The molecular formula is C29H39N4O8+. The normalized spacial score (nSPS) is 33.3. The molecule has 0 aromatic heterocycles. The molecule has 6 rings (SSSR count). The van der Waals surface area contributed by atoms with Gasteiger partial charge in [0.1, 0.15) is 11.6 Å². The highest BCUT2D eigenvalue weighted by Gasteiger charge is 2.76. The number of aliphatic carboxylic acids is 1. The van der Waals surface area contributed by atoms with E-state index in [1.165, 1.54) is 24.8 Å². The van der Waals surface area contributed by atoms with Crippen LogP contribution in [0.5, 0.6) is 11.5 Å². The number of carboxylic acid groups (broad SMARTS) is 1. The van der Waals surface area contributed by atoms with Crippen LogP contribution in [0, 0.1) is 5.92 Å². The lowest BCUT2D eigenvalue weighted by molar-refractivity contribution is -0.950. The van der Waals surface area contributed by atoms with E-state index in [2.05, 4.69) is 12.4 Å². The quantitative estimate of drug-likeness (QED) is 0.305. The number of piperidine rings is 1. The van der Waals surface area contributed by atoms with Crippen LogP contribution in [0.2, 0.25) is 0 Å². The molecule has 1 unspecified atom stereocenters. The van der Waals surface area contributed by atoms with E-state index in [0.29, 0.717) is 30.9 Å². The van der Waals surface area contributed by atoms with Crippen LogP contribution in [0.25, 0.3) is 0 Å². The van der Waals surface area contributed by atoms with Crippen LogP contribution < -0.4 is 20.5 Å². The summed E-state index contributed by atoms with van der Waals surface area (Å²) < 4.78 is 12.9. The van der Waals surface area contributed by atoms with Crippen LogP contribution in [-0.2, 0) is 26.2 Å². The Bertz CT molecular complexity index is 1320. The minimum atomic E-state index is -1.18. The molecular weight excluding hydrogens is 532 g/mol. The Balaban J connectivity index is 1.22. The van der Waals surface area contributed by atoms with E-state index in [0.717, 1.165) is 28.7 Å². The lowest BCUT2D eigenvalue weighted by Crippen LogP contribution is -2.80. The number of amides is 2. The molecule has 3 fully saturated rings. The number of quaternary nitrogens is 1. The van der Waals surface area contributed by atoms with E-state index >= 15 is 0 Å². The number of rotatable bonds is 9. The largest absolute Gasteiger partial charge is 0.481 e. The number of carbonyl (C=O) groups is 4. The Morgan fingerprint density at radius 1 is 1.29 bits per heavy atom. The third-order valence-electron chi connectivity index (χ3n) is 10.2. The number of nitrogens with one attached hydrogen (secondary N) is 1. The van der Waals surface area contributed by atoms with Crippen molar-refractivity contribution in [2.45, 2.75) is 74.1 Å². The number of Topliss-reactive ketones (excluding diaryl/α,β-unsaturated/α-hetero) is 1. The molecule has 1 aromatic carbocycles. The zero-order valence-corrected chi connectivity index (χ0v) is 23.6. The van der Waals surface area contributed by atoms with E-state index in [4.69, 9.17) is 20.3 Å². The second-order valence-electron chi connectivity index (χ2n) is 12.9. The van der Waals surface area contributed by atoms with Gasteiger partial charge in [0, 0.05) is 50.9 Å². The summed E-state index contributed by atoms with van der Waals surface area (Å²) in [7, 11) is 3.77. The average Bonchev–Trinajstić information content (AvgIpc) is 3.64. The molecule has 2 amide bonds. The minimum Gasteiger partial charge on any atom is -0.481 e. The standard InChI is InChI=1S/C29H38N4O8/c1-32(11-10-31-26(37)18(30)14-22(35)36)27(38)40-20-6-5-17-13-21-29(39)8-7-19(34)25-28(29,23(17)24(20)41-25)9-12-33(21,2)15-16-3-4-16/h5-6,16,18,21,25,39H,3-4,7-15,30H2,1-2H3,(H-,31,35,36,37)/p+1/t18-,21?,25-,28-,29+,33-/m0/s1. The zero-order chi connectivity index (χ0) is 29.3. The number of aliphatic hydroxyl groups is 1. The molecule has 2 heterocycles. The van der Waals surface area contributed by atoms with Gasteiger partial charge in [-0.05, 0) is 30.9 Å². The number of nitrogens with two attached hydrogens (primary N) is 1. The monoisotopic (exact) mass is 571 g/mol. The Morgan fingerprint density at radius 3 is 2.76 bits per heavy atom. The van der Waals surface area contributed by atoms with Crippen molar-refractivity contribution in [3.05, 3.63) is 23.3 Å². The summed E-state index contributed by atoms with van der Waals surface area (Å²) in [6, 6.07) is 2.43. The molecule has 2 aliphatic heterocycles.